The van der Waals surface area contributed by atoms with Crippen LogP contribution < -0.4 is 15.4 Å². The van der Waals surface area contributed by atoms with E-state index < -0.39 is 6.10 Å². The van der Waals surface area contributed by atoms with Crippen LogP contribution in [0.25, 0.3) is 10.8 Å². The van der Waals surface area contributed by atoms with Crippen molar-refractivity contribution in [2.45, 2.75) is 13.0 Å². The highest BCUT2D eigenvalue weighted by Crippen LogP contribution is 2.28. The number of nitrogens with one attached hydrogen (secondary N) is 2. The van der Waals surface area contributed by atoms with Crippen molar-refractivity contribution < 1.29 is 9.53 Å². The van der Waals surface area contributed by atoms with Crippen LogP contribution in [0.3, 0.4) is 0 Å². The number of amides is 1. The lowest BCUT2D eigenvalue weighted by Crippen LogP contribution is -2.38. The van der Waals surface area contributed by atoms with Crippen LogP contribution in [-0.4, -0.2) is 25.1 Å². The van der Waals surface area contributed by atoms with Crippen LogP contribution in [0.5, 0.6) is 5.75 Å². The van der Waals surface area contributed by atoms with Crippen molar-refractivity contribution in [3.8, 4) is 5.75 Å². The number of benzene rings is 3. The molecule has 6 heteroatoms. The molecule has 0 saturated heterocycles. The first-order valence-corrected chi connectivity index (χ1v) is 9.41. The van der Waals surface area contributed by atoms with Crippen LogP contribution in [0, 0.1) is 0 Å². The largest absolute Gasteiger partial charge is 0.479 e. The Morgan fingerprint density at radius 1 is 1.04 bits per heavy atom. The summed E-state index contributed by atoms with van der Waals surface area (Å²) < 4.78 is 5.61. The zero-order chi connectivity index (χ0) is 19.2. The molecule has 0 radical (unpaired) electrons. The van der Waals surface area contributed by atoms with E-state index in [9.17, 15) is 4.79 Å². The molecule has 3 rings (SSSR count). The molecule has 0 saturated carbocycles. The highest BCUT2D eigenvalue weighted by Gasteiger charge is 2.15. The summed E-state index contributed by atoms with van der Waals surface area (Å²) in [6.07, 6.45) is -0.666. The van der Waals surface area contributed by atoms with Gasteiger partial charge in [0.05, 0.1) is 5.02 Å². The van der Waals surface area contributed by atoms with Gasteiger partial charge in [-0.25, -0.2) is 0 Å². The molecular weight excluding hydrogens is 383 g/mol. The van der Waals surface area contributed by atoms with Gasteiger partial charge < -0.3 is 15.4 Å². The average Bonchev–Trinajstić information content (AvgIpc) is 2.67. The summed E-state index contributed by atoms with van der Waals surface area (Å²) >= 11 is 11.9. The number of halogens is 2. The van der Waals surface area contributed by atoms with Gasteiger partial charge in [-0.2, -0.15) is 0 Å². The molecule has 140 valence electrons. The normalized spacial score (nSPS) is 11.8. The van der Waals surface area contributed by atoms with Crippen molar-refractivity contribution in [3.05, 3.63) is 70.7 Å². The maximum Gasteiger partial charge on any atom is 0.260 e. The molecule has 27 heavy (non-hydrogen) atoms. The summed E-state index contributed by atoms with van der Waals surface area (Å²) in [4.78, 5) is 12.2. The number of hydrogen-bond acceptors (Lipinski definition) is 3. The maximum absolute atomic E-state index is 12.2. The SMILES string of the molecule is CC(Oc1ccc(Cl)cc1Cl)C(=O)NCCNc1cccc2ccccc12. The first-order chi connectivity index (χ1) is 13.0. The van der Waals surface area contributed by atoms with Crippen LogP contribution in [0.15, 0.2) is 60.7 Å². The molecule has 0 aliphatic heterocycles. The molecule has 1 amide bonds. The minimum Gasteiger partial charge on any atom is -0.479 e. The van der Waals surface area contributed by atoms with Gasteiger partial charge in [0.2, 0.25) is 0 Å². The molecular formula is C21H20Cl2N2O2. The highest BCUT2D eigenvalue weighted by molar-refractivity contribution is 6.35. The van der Waals surface area contributed by atoms with Gasteiger partial charge in [0.15, 0.2) is 6.10 Å². The van der Waals surface area contributed by atoms with Crippen molar-refractivity contribution >= 4 is 45.6 Å². The summed E-state index contributed by atoms with van der Waals surface area (Å²) in [5.74, 6) is 0.221. The summed E-state index contributed by atoms with van der Waals surface area (Å²) in [5, 5.41) is 9.43. The molecule has 2 N–H and O–H groups in total. The molecule has 1 unspecified atom stereocenters. The van der Waals surface area contributed by atoms with Gasteiger partial charge in [0, 0.05) is 29.2 Å². The molecule has 4 nitrogen and oxygen atoms in total. The van der Waals surface area contributed by atoms with E-state index in [1.165, 1.54) is 5.39 Å². The lowest BCUT2D eigenvalue weighted by molar-refractivity contribution is -0.127. The van der Waals surface area contributed by atoms with E-state index in [1.807, 2.05) is 24.3 Å². The second-order valence-electron chi connectivity index (χ2n) is 6.08. The standard InChI is InChI=1S/C21H20Cl2N2O2/c1-14(27-20-10-9-16(22)13-18(20)23)21(26)25-12-11-24-19-8-4-6-15-5-2-3-7-17(15)19/h2-10,13-14,24H,11-12H2,1H3,(H,25,26). The van der Waals surface area contributed by atoms with Crippen molar-refractivity contribution in [2.75, 3.05) is 18.4 Å². The molecule has 3 aromatic rings. The Balaban J connectivity index is 1.49. The highest BCUT2D eigenvalue weighted by atomic mass is 35.5. The summed E-state index contributed by atoms with van der Waals surface area (Å²) in [6, 6.07) is 19.2. The minimum absolute atomic E-state index is 0.208. The monoisotopic (exact) mass is 402 g/mol. The van der Waals surface area contributed by atoms with E-state index in [1.54, 1.807) is 25.1 Å². The van der Waals surface area contributed by atoms with E-state index in [4.69, 9.17) is 27.9 Å². The quantitative estimate of drug-likeness (QED) is 0.537. The second kappa shape index (κ2) is 8.98. The number of ether oxygens (including phenoxy) is 1. The van der Waals surface area contributed by atoms with E-state index in [-0.39, 0.29) is 5.91 Å². The van der Waals surface area contributed by atoms with E-state index in [0.29, 0.717) is 28.9 Å². The molecule has 0 aliphatic rings. The molecule has 0 aliphatic carbocycles. The van der Waals surface area contributed by atoms with Crippen molar-refractivity contribution in [1.82, 2.24) is 5.32 Å². The molecule has 0 fully saturated rings. The van der Waals surface area contributed by atoms with Gasteiger partial charge in [-0.15, -0.1) is 0 Å². The third-order valence-electron chi connectivity index (χ3n) is 4.10. The van der Waals surface area contributed by atoms with Crippen molar-refractivity contribution in [3.63, 3.8) is 0 Å². The lowest BCUT2D eigenvalue weighted by atomic mass is 10.1. The van der Waals surface area contributed by atoms with Crippen LogP contribution in [-0.2, 0) is 4.79 Å². The van der Waals surface area contributed by atoms with Crippen molar-refractivity contribution in [1.29, 1.82) is 0 Å². The fourth-order valence-corrected chi connectivity index (χ4v) is 3.17. The van der Waals surface area contributed by atoms with Crippen LogP contribution in [0.4, 0.5) is 5.69 Å². The fraction of sp³-hybridized carbons (Fsp3) is 0.190. The Morgan fingerprint density at radius 2 is 1.81 bits per heavy atom. The zero-order valence-electron chi connectivity index (χ0n) is 14.8. The third kappa shape index (κ3) is 5.06. The Hall–Kier alpha value is -2.43. The van der Waals surface area contributed by atoms with E-state index in [0.717, 1.165) is 11.1 Å². The van der Waals surface area contributed by atoms with Gasteiger partial charge in [-0.1, -0.05) is 59.6 Å². The summed E-state index contributed by atoms with van der Waals surface area (Å²) in [6.45, 7) is 2.76. The predicted octanol–water partition coefficient (Wildman–Crippen LogP) is 5.14. The number of anilines is 1. The summed E-state index contributed by atoms with van der Waals surface area (Å²) in [5.41, 5.74) is 1.04. The average molecular weight is 403 g/mol. The molecule has 0 heterocycles. The topological polar surface area (TPSA) is 50.4 Å². The van der Waals surface area contributed by atoms with Crippen LogP contribution in [0.2, 0.25) is 10.0 Å². The molecule has 0 spiro atoms. The lowest BCUT2D eigenvalue weighted by Gasteiger charge is -2.16. The molecule has 0 aromatic heterocycles. The van der Waals surface area contributed by atoms with Gasteiger partial charge in [0.25, 0.3) is 5.91 Å². The fourth-order valence-electron chi connectivity index (χ4n) is 2.72. The molecule has 3 aromatic carbocycles. The number of hydrogen-bond donors (Lipinski definition) is 2. The molecule has 1 atom stereocenters. The summed E-state index contributed by atoms with van der Waals surface area (Å²) in [7, 11) is 0. The maximum atomic E-state index is 12.2. The van der Waals surface area contributed by atoms with Gasteiger partial charge in [-0.3, -0.25) is 4.79 Å². The first-order valence-electron chi connectivity index (χ1n) is 8.65. The first kappa shape index (κ1) is 19.3. The number of fused-ring (bicyclic) bond motifs is 1. The van der Waals surface area contributed by atoms with Crippen LogP contribution in [0.1, 0.15) is 6.92 Å². The predicted molar refractivity (Wildman–Crippen MR) is 112 cm³/mol. The van der Waals surface area contributed by atoms with Gasteiger partial charge in [-0.05, 0) is 36.6 Å². The van der Waals surface area contributed by atoms with E-state index >= 15 is 0 Å². The molecule has 0 bridgehead atoms. The van der Waals surface area contributed by atoms with Crippen molar-refractivity contribution in [2.24, 2.45) is 0 Å². The minimum atomic E-state index is -0.666. The van der Waals surface area contributed by atoms with E-state index in [2.05, 4.69) is 28.8 Å². The van der Waals surface area contributed by atoms with Crippen LogP contribution >= 0.6 is 23.2 Å². The Kier molecular flexibility index (Phi) is 6.43. The number of rotatable bonds is 7. The Labute approximate surface area is 168 Å². The van der Waals surface area contributed by atoms with Gasteiger partial charge in [0.1, 0.15) is 5.75 Å². The number of carbonyl (C=O) groups excluding carboxylic acids is 1. The third-order valence-corrected chi connectivity index (χ3v) is 4.63. The number of carbonyl (C=O) groups is 1. The Morgan fingerprint density at radius 3 is 2.63 bits per heavy atom. The van der Waals surface area contributed by atoms with Gasteiger partial charge >= 0.3 is 0 Å². The second-order valence-corrected chi connectivity index (χ2v) is 6.92. The zero-order valence-corrected chi connectivity index (χ0v) is 16.3. The Bertz CT molecular complexity index is 941. The smallest absolute Gasteiger partial charge is 0.260 e.